The lowest BCUT2D eigenvalue weighted by atomic mass is 10.1. The van der Waals surface area contributed by atoms with E-state index in [4.69, 9.17) is 16.6 Å². The molecule has 0 saturated heterocycles. The molecule has 92 valence electrons. The molecular formula is C9H17N3O4. The minimum absolute atomic E-state index is 0.175. The topological polar surface area (TPSA) is 136 Å². The molecule has 2 amide bonds. The summed E-state index contributed by atoms with van der Waals surface area (Å²) in [7, 11) is 0. The van der Waals surface area contributed by atoms with Crippen LogP contribution in [0.2, 0.25) is 0 Å². The number of hydrogen-bond acceptors (Lipinski definition) is 4. The van der Waals surface area contributed by atoms with Crippen molar-refractivity contribution in [1.29, 1.82) is 0 Å². The number of primary amides is 1. The summed E-state index contributed by atoms with van der Waals surface area (Å²) in [5.74, 6) is -2.24. The fraction of sp³-hybridized carbons (Fsp3) is 0.667. The minimum Gasteiger partial charge on any atom is -0.481 e. The van der Waals surface area contributed by atoms with Gasteiger partial charge in [0.25, 0.3) is 0 Å². The van der Waals surface area contributed by atoms with Gasteiger partial charge in [-0.3, -0.25) is 14.4 Å². The summed E-state index contributed by atoms with van der Waals surface area (Å²) < 4.78 is 0. The van der Waals surface area contributed by atoms with E-state index in [9.17, 15) is 14.4 Å². The van der Waals surface area contributed by atoms with Gasteiger partial charge in [0.1, 0.15) is 0 Å². The van der Waals surface area contributed by atoms with Crippen molar-refractivity contribution in [1.82, 2.24) is 5.32 Å². The maximum atomic E-state index is 11.4. The van der Waals surface area contributed by atoms with Crippen molar-refractivity contribution in [2.75, 3.05) is 0 Å². The van der Waals surface area contributed by atoms with Gasteiger partial charge >= 0.3 is 5.97 Å². The highest BCUT2D eigenvalue weighted by molar-refractivity contribution is 5.87. The Balaban J connectivity index is 4.18. The molecule has 0 saturated carbocycles. The average Bonchev–Trinajstić information content (AvgIpc) is 2.14. The average molecular weight is 231 g/mol. The molecule has 0 aliphatic carbocycles. The molecule has 2 unspecified atom stereocenters. The van der Waals surface area contributed by atoms with Gasteiger partial charge < -0.3 is 21.9 Å². The van der Waals surface area contributed by atoms with Crippen molar-refractivity contribution in [3.8, 4) is 0 Å². The molecule has 6 N–H and O–H groups in total. The molecule has 7 heteroatoms. The lowest BCUT2D eigenvalue weighted by molar-refractivity contribution is -0.138. The molecule has 0 aromatic rings. The van der Waals surface area contributed by atoms with Gasteiger partial charge in [0, 0.05) is 6.04 Å². The van der Waals surface area contributed by atoms with Crippen molar-refractivity contribution in [2.45, 2.75) is 38.3 Å². The number of carboxylic acid groups (broad SMARTS) is 1. The van der Waals surface area contributed by atoms with E-state index in [2.05, 4.69) is 5.32 Å². The highest BCUT2D eigenvalue weighted by atomic mass is 16.4. The monoisotopic (exact) mass is 231 g/mol. The molecule has 0 aliphatic heterocycles. The Bertz CT molecular complexity index is 280. The number of carbonyl (C=O) groups is 3. The lowest BCUT2D eigenvalue weighted by Gasteiger charge is -2.17. The van der Waals surface area contributed by atoms with Crippen LogP contribution in [0, 0.1) is 0 Å². The molecule has 2 atom stereocenters. The van der Waals surface area contributed by atoms with Crippen LogP contribution in [0.25, 0.3) is 0 Å². The molecule has 7 nitrogen and oxygen atoms in total. The highest BCUT2D eigenvalue weighted by Gasteiger charge is 2.20. The third-order valence-corrected chi connectivity index (χ3v) is 2.02. The van der Waals surface area contributed by atoms with E-state index in [1.807, 2.05) is 0 Å². The molecular weight excluding hydrogens is 214 g/mol. The normalized spacial score (nSPS) is 13.9. The first kappa shape index (κ1) is 14.4. The molecule has 0 bridgehead atoms. The number of hydrogen-bond donors (Lipinski definition) is 4. The summed E-state index contributed by atoms with van der Waals surface area (Å²) in [5, 5.41) is 11.0. The third kappa shape index (κ3) is 5.97. The first-order chi connectivity index (χ1) is 7.36. The van der Waals surface area contributed by atoms with E-state index in [-0.39, 0.29) is 12.8 Å². The van der Waals surface area contributed by atoms with E-state index >= 15 is 0 Å². The highest BCUT2D eigenvalue weighted by Crippen LogP contribution is 1.99. The molecule has 0 aromatic heterocycles. The van der Waals surface area contributed by atoms with Crippen LogP contribution in [0.15, 0.2) is 0 Å². The number of nitrogens with one attached hydrogen (secondary N) is 1. The quantitative estimate of drug-likeness (QED) is 0.425. The molecule has 0 radical (unpaired) electrons. The van der Waals surface area contributed by atoms with Gasteiger partial charge in [0.15, 0.2) is 0 Å². The minimum atomic E-state index is -1.03. The van der Waals surface area contributed by atoms with E-state index in [1.165, 1.54) is 0 Å². The largest absolute Gasteiger partial charge is 0.481 e. The van der Waals surface area contributed by atoms with Crippen LogP contribution in [-0.2, 0) is 14.4 Å². The van der Waals surface area contributed by atoms with Crippen LogP contribution in [0.4, 0.5) is 0 Å². The fourth-order valence-corrected chi connectivity index (χ4v) is 1.13. The van der Waals surface area contributed by atoms with Gasteiger partial charge in [-0.15, -0.1) is 0 Å². The summed E-state index contributed by atoms with van der Waals surface area (Å²) in [6.45, 7) is 1.74. The van der Waals surface area contributed by atoms with Gasteiger partial charge in [-0.25, -0.2) is 0 Å². The Morgan fingerprint density at radius 3 is 2.25 bits per heavy atom. The fourth-order valence-electron chi connectivity index (χ4n) is 1.13. The Morgan fingerprint density at radius 1 is 1.31 bits per heavy atom. The summed E-state index contributed by atoms with van der Waals surface area (Å²) in [4.78, 5) is 32.3. The summed E-state index contributed by atoms with van der Waals surface area (Å²) in [5.41, 5.74) is 10.3. The standard InChI is InChI=1S/C9H17N3O4/c1-2-5(3-8(14)15)12-9(16)6(10)4-7(11)13/h5-6H,2-4,10H2,1H3,(H2,11,13)(H,12,16)(H,14,15). The maximum absolute atomic E-state index is 11.4. The number of amides is 2. The number of rotatable bonds is 7. The SMILES string of the molecule is CCC(CC(=O)O)NC(=O)C(N)CC(N)=O. The molecule has 0 rings (SSSR count). The maximum Gasteiger partial charge on any atom is 0.305 e. The van der Waals surface area contributed by atoms with Crippen LogP contribution in [0.1, 0.15) is 26.2 Å². The Hall–Kier alpha value is -1.63. The van der Waals surface area contributed by atoms with Crippen molar-refractivity contribution >= 4 is 17.8 Å². The van der Waals surface area contributed by atoms with Crippen molar-refractivity contribution in [3.05, 3.63) is 0 Å². The number of nitrogens with two attached hydrogens (primary N) is 2. The van der Waals surface area contributed by atoms with Crippen molar-refractivity contribution in [2.24, 2.45) is 11.5 Å². The summed E-state index contributed by atoms with van der Waals surface area (Å²) in [6, 6.07) is -1.51. The Morgan fingerprint density at radius 2 is 1.88 bits per heavy atom. The van der Waals surface area contributed by atoms with Gasteiger partial charge in [-0.05, 0) is 6.42 Å². The van der Waals surface area contributed by atoms with Gasteiger partial charge in [0.05, 0.1) is 18.9 Å². The number of carboxylic acids is 1. The zero-order chi connectivity index (χ0) is 12.7. The van der Waals surface area contributed by atoms with Gasteiger partial charge in [0.2, 0.25) is 11.8 Å². The molecule has 0 spiro atoms. The van der Waals surface area contributed by atoms with Crippen LogP contribution in [0.3, 0.4) is 0 Å². The third-order valence-electron chi connectivity index (χ3n) is 2.02. The first-order valence-corrected chi connectivity index (χ1v) is 4.92. The first-order valence-electron chi connectivity index (χ1n) is 4.92. The lowest BCUT2D eigenvalue weighted by Crippen LogP contribution is -2.47. The predicted molar refractivity (Wildman–Crippen MR) is 56.3 cm³/mol. The zero-order valence-corrected chi connectivity index (χ0v) is 9.10. The predicted octanol–water partition coefficient (Wildman–Crippen LogP) is -1.44. The number of carbonyl (C=O) groups excluding carboxylic acids is 2. The second-order valence-electron chi connectivity index (χ2n) is 3.49. The molecule has 0 fully saturated rings. The second kappa shape index (κ2) is 6.78. The van der Waals surface area contributed by atoms with Gasteiger partial charge in [-0.1, -0.05) is 6.92 Å². The van der Waals surface area contributed by atoms with Crippen LogP contribution in [-0.4, -0.2) is 35.0 Å². The molecule has 0 aromatic carbocycles. The zero-order valence-electron chi connectivity index (χ0n) is 9.10. The van der Waals surface area contributed by atoms with Crippen molar-refractivity contribution in [3.63, 3.8) is 0 Å². The second-order valence-corrected chi connectivity index (χ2v) is 3.49. The van der Waals surface area contributed by atoms with E-state index in [0.717, 1.165) is 0 Å². The number of aliphatic carboxylic acids is 1. The van der Waals surface area contributed by atoms with Crippen LogP contribution in [0.5, 0.6) is 0 Å². The van der Waals surface area contributed by atoms with E-state index < -0.39 is 29.9 Å². The molecule has 0 aliphatic rings. The summed E-state index contributed by atoms with van der Waals surface area (Å²) in [6.07, 6.45) is 0.0439. The molecule has 16 heavy (non-hydrogen) atoms. The van der Waals surface area contributed by atoms with Crippen LogP contribution < -0.4 is 16.8 Å². The molecule has 0 heterocycles. The van der Waals surface area contributed by atoms with E-state index in [0.29, 0.717) is 6.42 Å². The smallest absolute Gasteiger partial charge is 0.305 e. The van der Waals surface area contributed by atoms with Crippen LogP contribution >= 0.6 is 0 Å². The van der Waals surface area contributed by atoms with Crippen molar-refractivity contribution < 1.29 is 19.5 Å². The Kier molecular flexibility index (Phi) is 6.09. The van der Waals surface area contributed by atoms with E-state index in [1.54, 1.807) is 6.92 Å². The Labute approximate surface area is 93.2 Å². The summed E-state index contributed by atoms with van der Waals surface area (Å²) >= 11 is 0. The van der Waals surface area contributed by atoms with Gasteiger partial charge in [-0.2, -0.15) is 0 Å².